The molecule has 2 saturated carbocycles. The molecule has 6 rings (SSSR count). The number of anilines is 1. The maximum absolute atomic E-state index is 13.2. The van der Waals surface area contributed by atoms with Gasteiger partial charge in [-0.25, -0.2) is 0 Å². The van der Waals surface area contributed by atoms with E-state index in [4.69, 9.17) is 9.26 Å². The Labute approximate surface area is 252 Å². The molecule has 1 N–H and O–H groups in total. The second-order valence-electron chi connectivity index (χ2n) is 13.0. The van der Waals surface area contributed by atoms with Crippen molar-refractivity contribution in [2.45, 2.75) is 63.7 Å². The topological polar surface area (TPSA) is 91.9 Å². The van der Waals surface area contributed by atoms with Crippen LogP contribution in [0.2, 0.25) is 0 Å². The van der Waals surface area contributed by atoms with Crippen LogP contribution in [0.3, 0.4) is 0 Å². The molecule has 2 saturated heterocycles. The number of carbonyl (C=O) groups is 1. The number of hydrogen-bond acceptors (Lipinski definition) is 7. The zero-order valence-corrected chi connectivity index (χ0v) is 26.9. The van der Waals surface area contributed by atoms with Crippen LogP contribution < -0.4 is 9.64 Å². The van der Waals surface area contributed by atoms with Gasteiger partial charge in [0.15, 0.2) is 0 Å². The number of carbonyl (C=O) groups excluding carboxylic acids is 1. The Morgan fingerprint density at radius 1 is 1.00 bits per heavy atom. The van der Waals surface area contributed by atoms with Crippen LogP contribution in [0.15, 0.2) is 28.8 Å². The van der Waals surface area contributed by atoms with Crippen molar-refractivity contribution in [2.24, 2.45) is 29.6 Å². The van der Waals surface area contributed by atoms with E-state index in [1.165, 1.54) is 18.4 Å². The second-order valence-corrected chi connectivity index (χ2v) is 18.2. The molecule has 4 aliphatic rings. The van der Waals surface area contributed by atoms with Gasteiger partial charge < -0.3 is 10.0 Å². The summed E-state index contributed by atoms with van der Waals surface area (Å²) in [5.74, 6) is 4.78. The molecular weight excluding hydrogens is 631 g/mol. The van der Waals surface area contributed by atoms with Crippen LogP contribution in [-0.2, 0) is 4.79 Å². The first kappa shape index (κ1) is 29.2. The van der Waals surface area contributed by atoms with Crippen LogP contribution in [0.25, 0.3) is 0 Å². The van der Waals surface area contributed by atoms with Crippen LogP contribution in [0, 0.1) is 33.4 Å². The van der Waals surface area contributed by atoms with E-state index in [1.54, 1.807) is 0 Å². The number of aromatic nitrogens is 2. The van der Waals surface area contributed by atoms with Crippen LogP contribution in [0.4, 0.5) is 6.01 Å². The summed E-state index contributed by atoms with van der Waals surface area (Å²) in [5, 5.41) is 13.4. The van der Waals surface area contributed by atoms with E-state index < -0.39 is 19.8 Å². The van der Waals surface area contributed by atoms with E-state index in [0.717, 1.165) is 93.2 Å². The van der Waals surface area contributed by atoms with Crippen LogP contribution in [-0.4, -0.2) is 75.3 Å². The van der Waals surface area contributed by atoms with Gasteiger partial charge in [0.1, 0.15) is 0 Å². The molecular formula is C32H47IN4O4. The van der Waals surface area contributed by atoms with Crippen LogP contribution in [0.5, 0.6) is 5.75 Å². The molecule has 8 nitrogen and oxygen atoms in total. The summed E-state index contributed by atoms with van der Waals surface area (Å²) in [7, 11) is 0. The van der Waals surface area contributed by atoms with E-state index in [9.17, 15) is 9.90 Å². The Morgan fingerprint density at radius 3 is 2.39 bits per heavy atom. The molecule has 1 aromatic carbocycles. The number of halogens is 1. The number of nitrogens with zero attached hydrogens (tertiary/aromatic N) is 4. The summed E-state index contributed by atoms with van der Waals surface area (Å²) in [6.07, 6.45) is 9.64. The predicted molar refractivity (Wildman–Crippen MR) is 168 cm³/mol. The van der Waals surface area contributed by atoms with E-state index in [-0.39, 0.29) is 12.5 Å². The molecule has 4 atom stereocenters. The summed E-state index contributed by atoms with van der Waals surface area (Å²) < 4.78 is 12.7. The minimum absolute atomic E-state index is 0.223. The average molecular weight is 679 g/mol. The molecule has 4 fully saturated rings. The first-order valence-corrected chi connectivity index (χ1v) is 21.1. The molecule has 41 heavy (non-hydrogen) atoms. The van der Waals surface area contributed by atoms with Crippen molar-refractivity contribution in [1.29, 1.82) is 0 Å². The Morgan fingerprint density at radius 2 is 1.73 bits per heavy atom. The third-order valence-electron chi connectivity index (χ3n) is 10.3. The van der Waals surface area contributed by atoms with Gasteiger partial charge in [0.25, 0.3) is 0 Å². The average Bonchev–Trinajstić information content (AvgIpc) is 3.49. The number of likely N-dealkylation sites (tertiary alicyclic amines) is 1. The quantitative estimate of drug-likeness (QED) is 0.279. The summed E-state index contributed by atoms with van der Waals surface area (Å²) in [5.41, 5.74) is 1.44. The van der Waals surface area contributed by atoms with Crippen molar-refractivity contribution in [3.63, 3.8) is 0 Å². The predicted octanol–water partition coefficient (Wildman–Crippen LogP) is 5.44. The van der Waals surface area contributed by atoms with Gasteiger partial charge in [-0.3, -0.25) is 4.79 Å². The fourth-order valence-electron chi connectivity index (χ4n) is 7.68. The first-order valence-electron chi connectivity index (χ1n) is 15.7. The monoisotopic (exact) mass is 678 g/mol. The SMILES string of the molecule is CI(C)c1noc(N2CCC(COc3ccc(C4CC5CC(C(=O)N6CCC(CCO)CC6)CC[C@@H]54)cc3)CC2)n1. The second kappa shape index (κ2) is 13.2. The molecule has 2 aliphatic carbocycles. The number of piperidine rings is 2. The van der Waals surface area contributed by atoms with Gasteiger partial charge in [0, 0.05) is 25.6 Å². The van der Waals surface area contributed by atoms with Crippen LogP contribution >= 0.6 is 19.8 Å². The van der Waals surface area contributed by atoms with Gasteiger partial charge in [-0.05, 0) is 74.2 Å². The maximum atomic E-state index is 13.2. The molecule has 0 spiro atoms. The molecule has 3 heterocycles. The standard InChI is InChI=1S/C32H47IN4O4/c1-33(2)31-34-32(41-35-31)37-16-11-23(12-17-37)21-40-27-6-3-24(4-7-27)29-20-26-19-25(5-8-28(26)29)30(39)36-14-9-22(10-15-36)13-18-38/h3-4,6-7,22-23,25-26,28-29,38H,5,8-21H2,1-2H3/t25?,26?,28-,29?/m0/s1. The van der Waals surface area contributed by atoms with Gasteiger partial charge >= 0.3 is 132 Å². The number of hydrogen-bond donors (Lipinski definition) is 1. The van der Waals surface area contributed by atoms with Crippen molar-refractivity contribution < 1.29 is 19.2 Å². The van der Waals surface area contributed by atoms with Gasteiger partial charge in [0.2, 0.25) is 5.91 Å². The number of alkyl halides is 2. The number of aliphatic hydroxyl groups is 1. The van der Waals surface area contributed by atoms with Crippen molar-refractivity contribution in [2.75, 3.05) is 54.2 Å². The number of aliphatic hydroxyl groups excluding tert-OH is 1. The van der Waals surface area contributed by atoms with E-state index in [1.807, 2.05) is 0 Å². The summed E-state index contributed by atoms with van der Waals surface area (Å²) in [6, 6.07) is 9.55. The molecule has 2 aliphatic heterocycles. The van der Waals surface area contributed by atoms with E-state index in [2.05, 4.69) is 54.1 Å². The van der Waals surface area contributed by atoms with Crippen molar-refractivity contribution >= 4 is 31.7 Å². The number of ether oxygens (including phenoxy) is 1. The Kier molecular flexibility index (Phi) is 9.39. The van der Waals surface area contributed by atoms with Crippen LogP contribution in [0.1, 0.15) is 69.3 Å². The molecule has 0 bridgehead atoms. The molecule has 0 radical (unpaired) electrons. The third-order valence-corrected chi connectivity index (χ3v) is 12.7. The summed E-state index contributed by atoms with van der Waals surface area (Å²) >= 11 is -1.20. The Hall–Kier alpha value is -1.88. The van der Waals surface area contributed by atoms with Gasteiger partial charge in [0.05, 0.1) is 0 Å². The number of amides is 1. The van der Waals surface area contributed by atoms with Gasteiger partial charge in [-0.1, -0.05) is 0 Å². The first-order chi connectivity index (χ1) is 20.0. The van der Waals surface area contributed by atoms with E-state index >= 15 is 0 Å². The fraction of sp³-hybridized carbons (Fsp3) is 0.719. The van der Waals surface area contributed by atoms with Crippen molar-refractivity contribution in [1.82, 2.24) is 15.0 Å². The van der Waals surface area contributed by atoms with Crippen molar-refractivity contribution in [3.05, 3.63) is 33.7 Å². The summed E-state index contributed by atoms with van der Waals surface area (Å²) in [4.78, 5) is 26.6. The molecule has 2 aromatic rings. The zero-order chi connectivity index (χ0) is 28.3. The molecule has 226 valence electrons. The number of fused-ring (bicyclic) bond motifs is 1. The number of rotatable bonds is 9. The normalized spacial score (nSPS) is 27.7. The number of benzene rings is 1. The molecule has 1 amide bonds. The Balaban J connectivity index is 0.917. The Bertz CT molecular complexity index is 1140. The van der Waals surface area contributed by atoms with E-state index in [0.29, 0.717) is 35.6 Å². The molecule has 3 unspecified atom stereocenters. The zero-order valence-electron chi connectivity index (χ0n) is 24.7. The third kappa shape index (κ3) is 6.71. The summed E-state index contributed by atoms with van der Waals surface area (Å²) in [6.45, 7) is 4.66. The van der Waals surface area contributed by atoms with Crippen molar-refractivity contribution in [3.8, 4) is 5.75 Å². The minimum atomic E-state index is -1.20. The fourth-order valence-corrected chi connectivity index (χ4v) is 8.86. The molecule has 9 heteroatoms. The van der Waals surface area contributed by atoms with Gasteiger partial charge in [-0.2, -0.15) is 0 Å². The molecule has 1 aromatic heterocycles. The van der Waals surface area contributed by atoms with Gasteiger partial charge in [-0.15, -0.1) is 0 Å².